The van der Waals surface area contributed by atoms with Crippen LogP contribution in [-0.2, 0) is 4.74 Å². The van der Waals surface area contributed by atoms with E-state index in [1.165, 1.54) is 6.08 Å². The number of aliphatic hydroxyl groups excluding tert-OH is 3. The van der Waals surface area contributed by atoms with Crippen LogP contribution < -0.4 is 0 Å². The molecular formula is C6H10O4. The van der Waals surface area contributed by atoms with Crippen LogP contribution in [0.2, 0.25) is 0 Å². The lowest BCUT2D eigenvalue weighted by Crippen LogP contribution is -2.40. The van der Waals surface area contributed by atoms with E-state index in [9.17, 15) is 0 Å². The molecule has 4 heteroatoms. The average Bonchev–Trinajstić information content (AvgIpc) is 1.82. The molecule has 0 aromatic rings. The standard InChI is InChI=1S/C6H10O4/c1-3-2-4(7)5(8)6(9)10-3/h2,4-9H,1H3/t4-,5?,6?/m1/s1. The molecule has 0 aromatic carbocycles. The van der Waals surface area contributed by atoms with Gasteiger partial charge in [0, 0.05) is 0 Å². The van der Waals surface area contributed by atoms with Crippen molar-refractivity contribution < 1.29 is 20.1 Å². The second kappa shape index (κ2) is 2.57. The molecule has 3 N–H and O–H groups in total. The normalized spacial score (nSPS) is 40.4. The lowest BCUT2D eigenvalue weighted by atomic mass is 10.1. The van der Waals surface area contributed by atoms with Gasteiger partial charge in [-0.25, -0.2) is 0 Å². The van der Waals surface area contributed by atoms with E-state index in [1.54, 1.807) is 6.92 Å². The monoisotopic (exact) mass is 146 g/mol. The van der Waals surface area contributed by atoms with Crippen molar-refractivity contribution in [3.8, 4) is 0 Å². The zero-order valence-electron chi connectivity index (χ0n) is 5.56. The van der Waals surface area contributed by atoms with Gasteiger partial charge in [0.15, 0.2) is 0 Å². The molecule has 10 heavy (non-hydrogen) atoms. The Hall–Kier alpha value is -0.580. The van der Waals surface area contributed by atoms with E-state index < -0.39 is 18.5 Å². The Labute approximate surface area is 58.4 Å². The lowest BCUT2D eigenvalue weighted by molar-refractivity contribution is -0.173. The van der Waals surface area contributed by atoms with Gasteiger partial charge in [-0.05, 0) is 13.0 Å². The Bertz CT molecular complexity index is 154. The summed E-state index contributed by atoms with van der Waals surface area (Å²) in [6, 6.07) is 0. The number of hydrogen-bond donors (Lipinski definition) is 3. The maximum atomic E-state index is 8.95. The van der Waals surface area contributed by atoms with Gasteiger partial charge in [-0.2, -0.15) is 0 Å². The fourth-order valence-electron chi connectivity index (χ4n) is 0.807. The van der Waals surface area contributed by atoms with Crippen LogP contribution in [0.25, 0.3) is 0 Å². The molecule has 2 unspecified atom stereocenters. The maximum Gasteiger partial charge on any atom is 0.226 e. The van der Waals surface area contributed by atoms with Crippen LogP contribution in [0.15, 0.2) is 11.8 Å². The summed E-state index contributed by atoms with van der Waals surface area (Å²) in [5, 5.41) is 26.7. The van der Waals surface area contributed by atoms with Crippen molar-refractivity contribution in [2.45, 2.75) is 25.4 Å². The molecule has 0 saturated carbocycles. The fourth-order valence-corrected chi connectivity index (χ4v) is 0.807. The van der Waals surface area contributed by atoms with Gasteiger partial charge in [-0.15, -0.1) is 0 Å². The minimum absolute atomic E-state index is 0.422. The first kappa shape index (κ1) is 7.53. The van der Waals surface area contributed by atoms with Crippen LogP contribution in [-0.4, -0.2) is 33.8 Å². The van der Waals surface area contributed by atoms with E-state index in [1.807, 2.05) is 0 Å². The maximum absolute atomic E-state index is 8.95. The minimum Gasteiger partial charge on any atom is -0.467 e. The molecule has 1 rings (SSSR count). The van der Waals surface area contributed by atoms with Crippen molar-refractivity contribution >= 4 is 0 Å². The Morgan fingerprint density at radius 2 is 2.00 bits per heavy atom. The summed E-state index contributed by atoms with van der Waals surface area (Å²) >= 11 is 0. The van der Waals surface area contributed by atoms with Gasteiger partial charge in [0.2, 0.25) is 6.29 Å². The Balaban J connectivity index is 2.69. The molecule has 0 saturated heterocycles. The predicted molar refractivity (Wildman–Crippen MR) is 32.9 cm³/mol. The molecule has 3 atom stereocenters. The number of ether oxygens (including phenoxy) is 1. The summed E-state index contributed by atoms with van der Waals surface area (Å²) in [4.78, 5) is 0. The third-order valence-electron chi connectivity index (χ3n) is 1.35. The van der Waals surface area contributed by atoms with E-state index >= 15 is 0 Å². The first-order valence-corrected chi connectivity index (χ1v) is 3.00. The number of rotatable bonds is 0. The van der Waals surface area contributed by atoms with Gasteiger partial charge in [0.05, 0.1) is 5.76 Å². The number of aliphatic hydroxyl groups is 3. The molecule has 0 aliphatic carbocycles. The van der Waals surface area contributed by atoms with E-state index in [-0.39, 0.29) is 0 Å². The van der Waals surface area contributed by atoms with E-state index in [4.69, 9.17) is 15.3 Å². The molecule has 0 aromatic heterocycles. The number of allylic oxidation sites excluding steroid dienone is 1. The third kappa shape index (κ3) is 1.29. The highest BCUT2D eigenvalue weighted by Crippen LogP contribution is 2.15. The largest absolute Gasteiger partial charge is 0.467 e. The molecule has 4 nitrogen and oxygen atoms in total. The molecule has 1 heterocycles. The quantitative estimate of drug-likeness (QED) is 0.408. The van der Waals surface area contributed by atoms with Gasteiger partial charge in [-0.1, -0.05) is 0 Å². The fraction of sp³-hybridized carbons (Fsp3) is 0.667. The van der Waals surface area contributed by atoms with Crippen LogP contribution in [0.1, 0.15) is 6.92 Å². The molecule has 1 aliphatic heterocycles. The smallest absolute Gasteiger partial charge is 0.226 e. The molecule has 0 bridgehead atoms. The van der Waals surface area contributed by atoms with Crippen molar-refractivity contribution in [2.75, 3.05) is 0 Å². The van der Waals surface area contributed by atoms with Gasteiger partial charge < -0.3 is 20.1 Å². The van der Waals surface area contributed by atoms with E-state index in [2.05, 4.69) is 4.74 Å². The first-order valence-electron chi connectivity index (χ1n) is 3.00. The molecule has 58 valence electrons. The van der Waals surface area contributed by atoms with Crippen molar-refractivity contribution in [3.05, 3.63) is 11.8 Å². The van der Waals surface area contributed by atoms with Crippen molar-refractivity contribution in [3.63, 3.8) is 0 Å². The van der Waals surface area contributed by atoms with Crippen LogP contribution >= 0.6 is 0 Å². The SMILES string of the molecule is CC1=C[C@@H](O)C(O)C(O)O1. The van der Waals surface area contributed by atoms with Gasteiger partial charge in [-0.3, -0.25) is 0 Å². The highest BCUT2D eigenvalue weighted by molar-refractivity contribution is 5.02. The van der Waals surface area contributed by atoms with Crippen LogP contribution in [0.4, 0.5) is 0 Å². The summed E-state index contributed by atoms with van der Waals surface area (Å²) in [5.41, 5.74) is 0. The summed E-state index contributed by atoms with van der Waals surface area (Å²) in [6.45, 7) is 1.60. The van der Waals surface area contributed by atoms with E-state index in [0.717, 1.165) is 0 Å². The second-order valence-electron chi connectivity index (χ2n) is 2.27. The summed E-state index contributed by atoms with van der Waals surface area (Å²) in [5.74, 6) is 0.422. The molecule has 0 spiro atoms. The van der Waals surface area contributed by atoms with E-state index in [0.29, 0.717) is 5.76 Å². The highest BCUT2D eigenvalue weighted by Gasteiger charge is 2.28. The highest BCUT2D eigenvalue weighted by atomic mass is 16.6. The topological polar surface area (TPSA) is 69.9 Å². The van der Waals surface area contributed by atoms with Crippen molar-refractivity contribution in [1.82, 2.24) is 0 Å². The Morgan fingerprint density at radius 3 is 2.50 bits per heavy atom. The van der Waals surface area contributed by atoms with Crippen molar-refractivity contribution in [2.24, 2.45) is 0 Å². The molecule has 0 fully saturated rings. The summed E-state index contributed by atoms with van der Waals surface area (Å²) < 4.78 is 4.68. The predicted octanol–water partition coefficient (Wildman–Crippen LogP) is -1.04. The minimum atomic E-state index is -1.31. The zero-order valence-corrected chi connectivity index (χ0v) is 5.56. The Morgan fingerprint density at radius 1 is 1.40 bits per heavy atom. The van der Waals surface area contributed by atoms with Crippen LogP contribution in [0.5, 0.6) is 0 Å². The number of hydrogen-bond acceptors (Lipinski definition) is 4. The van der Waals surface area contributed by atoms with Crippen molar-refractivity contribution in [1.29, 1.82) is 0 Å². The molecule has 0 radical (unpaired) electrons. The van der Waals surface area contributed by atoms with Gasteiger partial charge in [0.1, 0.15) is 12.2 Å². The molecular weight excluding hydrogens is 136 g/mol. The first-order chi connectivity index (χ1) is 4.61. The van der Waals surface area contributed by atoms with Crippen LogP contribution in [0.3, 0.4) is 0 Å². The zero-order chi connectivity index (χ0) is 7.72. The lowest BCUT2D eigenvalue weighted by Gasteiger charge is -2.26. The summed E-state index contributed by atoms with van der Waals surface area (Å²) in [6.07, 6.45) is -2.22. The van der Waals surface area contributed by atoms with Gasteiger partial charge >= 0.3 is 0 Å². The molecule has 1 aliphatic rings. The third-order valence-corrected chi connectivity index (χ3v) is 1.35. The summed E-state index contributed by atoms with van der Waals surface area (Å²) in [7, 11) is 0. The second-order valence-corrected chi connectivity index (χ2v) is 2.27. The molecule has 0 amide bonds. The van der Waals surface area contributed by atoms with Crippen LogP contribution in [0, 0.1) is 0 Å². The Kier molecular flexibility index (Phi) is 1.94. The average molecular weight is 146 g/mol. The van der Waals surface area contributed by atoms with Gasteiger partial charge in [0.25, 0.3) is 0 Å².